The number of hydrogen-bond acceptors (Lipinski definition) is 5. The summed E-state index contributed by atoms with van der Waals surface area (Å²) in [7, 11) is 1.91. The van der Waals surface area contributed by atoms with Gasteiger partial charge in [0.1, 0.15) is 12.4 Å². The Morgan fingerprint density at radius 3 is 2.73 bits per heavy atom. The molecule has 1 amide bonds. The van der Waals surface area contributed by atoms with E-state index in [4.69, 9.17) is 4.74 Å². The highest BCUT2D eigenvalue weighted by Crippen LogP contribution is 2.33. The first kappa shape index (κ1) is 21.7. The molecule has 0 saturated carbocycles. The van der Waals surface area contributed by atoms with E-state index in [0.717, 1.165) is 52.4 Å². The van der Waals surface area contributed by atoms with E-state index >= 15 is 0 Å². The minimum atomic E-state index is -0.106. The fraction of sp³-hybridized carbons (Fsp3) is 0.308. The summed E-state index contributed by atoms with van der Waals surface area (Å²) in [4.78, 5) is 16.1. The van der Waals surface area contributed by atoms with Crippen molar-refractivity contribution in [2.45, 2.75) is 19.3 Å². The third-order valence-electron chi connectivity index (χ3n) is 6.10. The number of fused-ring (bicyclic) bond motifs is 1. The second kappa shape index (κ2) is 9.77. The molecule has 0 unspecified atom stereocenters. The lowest BCUT2D eigenvalue weighted by Crippen LogP contribution is -2.33. The number of nitrogens with zero attached hydrogens (tertiary/aromatic N) is 3. The quantitative estimate of drug-likeness (QED) is 0.400. The number of carbonyl (C=O) groups is 1. The average molecular weight is 461 g/mol. The molecule has 2 aromatic heterocycles. The van der Waals surface area contributed by atoms with Gasteiger partial charge >= 0.3 is 0 Å². The molecule has 0 aliphatic carbocycles. The normalized spacial score (nSPS) is 14.5. The highest BCUT2D eigenvalue weighted by Gasteiger charge is 2.16. The Hall–Kier alpha value is -3.16. The van der Waals surface area contributed by atoms with Gasteiger partial charge in [0.25, 0.3) is 5.91 Å². The lowest BCUT2D eigenvalue weighted by atomic mass is 10.1. The van der Waals surface area contributed by atoms with Gasteiger partial charge in [-0.25, -0.2) is 0 Å². The molecular formula is C26H28N4O2S. The van der Waals surface area contributed by atoms with Crippen LogP contribution in [0.15, 0.2) is 60.8 Å². The first-order valence-corrected chi connectivity index (χ1v) is 12.3. The number of anilines is 1. The van der Waals surface area contributed by atoms with Crippen LogP contribution in [0.25, 0.3) is 21.3 Å². The zero-order chi connectivity index (χ0) is 22.6. The van der Waals surface area contributed by atoms with Crippen molar-refractivity contribution in [2.24, 2.45) is 7.05 Å². The van der Waals surface area contributed by atoms with Crippen molar-refractivity contribution in [3.8, 4) is 17.0 Å². The Labute approximate surface area is 197 Å². The molecular weight excluding hydrogens is 432 g/mol. The van der Waals surface area contributed by atoms with E-state index in [1.54, 1.807) is 6.20 Å². The number of rotatable bonds is 7. The van der Waals surface area contributed by atoms with Gasteiger partial charge in [-0.2, -0.15) is 5.10 Å². The number of piperidine rings is 1. The number of ether oxygens (including phenoxy) is 1. The predicted octanol–water partition coefficient (Wildman–Crippen LogP) is 5.42. The van der Waals surface area contributed by atoms with Gasteiger partial charge in [-0.1, -0.05) is 24.6 Å². The summed E-state index contributed by atoms with van der Waals surface area (Å²) < 4.78 is 9.14. The molecule has 1 saturated heterocycles. The lowest BCUT2D eigenvalue weighted by molar-refractivity contribution is 0.103. The Balaban J connectivity index is 1.34. The number of amides is 1. The zero-order valence-corrected chi connectivity index (χ0v) is 19.6. The lowest BCUT2D eigenvalue weighted by Gasteiger charge is -2.26. The first-order chi connectivity index (χ1) is 16.2. The summed E-state index contributed by atoms with van der Waals surface area (Å²) in [6, 6.07) is 17.8. The van der Waals surface area contributed by atoms with Crippen molar-refractivity contribution in [2.75, 3.05) is 31.6 Å². The van der Waals surface area contributed by atoms with Gasteiger partial charge in [0.2, 0.25) is 0 Å². The fourth-order valence-electron chi connectivity index (χ4n) is 4.33. The maximum atomic E-state index is 12.9. The number of aromatic nitrogens is 2. The first-order valence-electron chi connectivity index (χ1n) is 11.4. The molecule has 0 atom stereocenters. The Morgan fingerprint density at radius 1 is 1.09 bits per heavy atom. The molecule has 7 heteroatoms. The van der Waals surface area contributed by atoms with Crippen molar-refractivity contribution in [1.82, 2.24) is 14.7 Å². The molecule has 1 fully saturated rings. The summed E-state index contributed by atoms with van der Waals surface area (Å²) in [5.74, 6) is 0.696. The van der Waals surface area contributed by atoms with Crippen LogP contribution in [0.3, 0.4) is 0 Å². The van der Waals surface area contributed by atoms with Gasteiger partial charge in [0.05, 0.1) is 10.6 Å². The summed E-state index contributed by atoms with van der Waals surface area (Å²) in [5.41, 5.74) is 2.60. The Bertz CT molecular complexity index is 1220. The number of likely N-dealkylation sites (tertiary alicyclic amines) is 1. The van der Waals surface area contributed by atoms with Gasteiger partial charge in [0, 0.05) is 35.7 Å². The number of hydrogen-bond donors (Lipinski definition) is 1. The van der Waals surface area contributed by atoms with E-state index < -0.39 is 0 Å². The largest absolute Gasteiger partial charge is 0.492 e. The maximum Gasteiger partial charge on any atom is 0.265 e. The molecule has 6 nitrogen and oxygen atoms in total. The number of benzene rings is 2. The minimum Gasteiger partial charge on any atom is -0.492 e. The molecule has 1 N–H and O–H groups in total. The monoisotopic (exact) mass is 460 g/mol. The zero-order valence-electron chi connectivity index (χ0n) is 18.8. The van der Waals surface area contributed by atoms with Crippen LogP contribution < -0.4 is 10.1 Å². The predicted molar refractivity (Wildman–Crippen MR) is 134 cm³/mol. The third kappa shape index (κ3) is 4.94. The Morgan fingerprint density at radius 2 is 1.94 bits per heavy atom. The number of thiophene rings is 1. The van der Waals surface area contributed by atoms with Crippen LogP contribution in [0.5, 0.6) is 5.75 Å². The molecule has 170 valence electrons. The van der Waals surface area contributed by atoms with Crippen LogP contribution in [0.4, 0.5) is 5.69 Å². The van der Waals surface area contributed by atoms with E-state index in [-0.39, 0.29) is 5.91 Å². The molecule has 5 rings (SSSR count). The van der Waals surface area contributed by atoms with E-state index in [0.29, 0.717) is 11.5 Å². The van der Waals surface area contributed by atoms with Crippen molar-refractivity contribution in [3.63, 3.8) is 0 Å². The topological polar surface area (TPSA) is 59.4 Å². The van der Waals surface area contributed by atoms with Crippen molar-refractivity contribution in [1.29, 1.82) is 0 Å². The van der Waals surface area contributed by atoms with Crippen LogP contribution in [0.1, 0.15) is 28.9 Å². The molecule has 3 heterocycles. The second-order valence-electron chi connectivity index (χ2n) is 8.40. The fourth-order valence-corrected chi connectivity index (χ4v) is 5.28. The number of nitrogens with one attached hydrogen (secondary N) is 1. The molecule has 1 aliphatic rings. The molecule has 4 aromatic rings. The van der Waals surface area contributed by atoms with Crippen LogP contribution >= 0.6 is 11.3 Å². The summed E-state index contributed by atoms with van der Waals surface area (Å²) in [6.07, 6.45) is 5.65. The second-order valence-corrected chi connectivity index (χ2v) is 9.49. The number of carbonyl (C=O) groups excluding carboxylic acids is 1. The van der Waals surface area contributed by atoms with Crippen LogP contribution in [0.2, 0.25) is 0 Å². The van der Waals surface area contributed by atoms with Crippen LogP contribution in [-0.2, 0) is 7.05 Å². The van der Waals surface area contributed by atoms with Gasteiger partial charge in [0.15, 0.2) is 0 Å². The third-order valence-corrected chi connectivity index (χ3v) is 7.21. The summed E-state index contributed by atoms with van der Waals surface area (Å²) in [5, 5.41) is 8.46. The maximum absolute atomic E-state index is 12.9. The molecule has 0 bridgehead atoms. The highest BCUT2D eigenvalue weighted by atomic mass is 32.1. The average Bonchev–Trinajstić information content (AvgIpc) is 3.47. The van der Waals surface area contributed by atoms with E-state index in [1.807, 2.05) is 66.3 Å². The van der Waals surface area contributed by atoms with E-state index in [2.05, 4.69) is 15.3 Å². The van der Waals surface area contributed by atoms with Crippen LogP contribution in [-0.4, -0.2) is 46.8 Å². The van der Waals surface area contributed by atoms with Crippen molar-refractivity contribution in [3.05, 3.63) is 65.7 Å². The minimum absolute atomic E-state index is 0.106. The summed E-state index contributed by atoms with van der Waals surface area (Å²) >= 11 is 1.50. The highest BCUT2D eigenvalue weighted by molar-refractivity contribution is 7.20. The molecule has 0 radical (unpaired) electrons. The molecule has 1 aliphatic heterocycles. The smallest absolute Gasteiger partial charge is 0.265 e. The van der Waals surface area contributed by atoms with E-state index in [9.17, 15) is 4.79 Å². The molecule has 33 heavy (non-hydrogen) atoms. The van der Waals surface area contributed by atoms with Crippen molar-refractivity contribution < 1.29 is 9.53 Å². The number of aryl methyl sites for hydroxylation is 1. The van der Waals surface area contributed by atoms with E-state index in [1.165, 1.54) is 30.6 Å². The molecule has 2 aromatic carbocycles. The van der Waals surface area contributed by atoms with Gasteiger partial charge in [-0.15, -0.1) is 11.3 Å². The van der Waals surface area contributed by atoms with Gasteiger partial charge in [-0.05, 0) is 67.7 Å². The Kier molecular flexibility index (Phi) is 6.41. The SMILES string of the molecule is Cn1nccc1-c1cc(NC(=O)c2cc3ccccc3s2)ccc1OCCN1CCCCC1. The summed E-state index contributed by atoms with van der Waals surface area (Å²) in [6.45, 7) is 3.87. The van der Waals surface area contributed by atoms with Crippen molar-refractivity contribution >= 4 is 33.0 Å². The van der Waals surface area contributed by atoms with Crippen LogP contribution in [0, 0.1) is 0 Å². The molecule has 0 spiro atoms. The standard InChI is InChI=1S/C26H28N4O2S/c1-29-22(11-12-27-29)21-18-20(9-10-23(21)32-16-15-30-13-5-2-6-14-30)28-26(31)25-17-19-7-3-4-8-24(19)33-25/h3-4,7-12,17-18H,2,5-6,13-16H2,1H3,(H,28,31). The van der Waals surface area contributed by atoms with Gasteiger partial charge < -0.3 is 10.1 Å². The van der Waals surface area contributed by atoms with Gasteiger partial charge in [-0.3, -0.25) is 14.4 Å².